The molecule has 1 N–H and O–H groups in total. The van der Waals surface area contributed by atoms with Crippen LogP contribution < -0.4 is 0 Å². The first-order chi connectivity index (χ1) is 18.5. The molecule has 0 aromatic carbocycles. The van der Waals surface area contributed by atoms with Crippen LogP contribution in [0.25, 0.3) is 0 Å². The molecule has 3 saturated carbocycles. The van der Waals surface area contributed by atoms with E-state index < -0.39 is 0 Å². The van der Waals surface area contributed by atoms with E-state index in [0.29, 0.717) is 29.1 Å². The van der Waals surface area contributed by atoms with Gasteiger partial charge in [0.2, 0.25) is 5.91 Å². The van der Waals surface area contributed by atoms with Gasteiger partial charge in [-0.05, 0) is 111 Å². The molecule has 5 aliphatic rings. The smallest absolute Gasteiger partial charge is 0.319 e. The molecule has 39 heavy (non-hydrogen) atoms. The number of carbonyl (C=O) groups excluding carboxylic acids is 2. The largest absolute Gasteiger partial charge is 0.393 e. The molecular weight excluding hydrogens is 486 g/mol. The lowest BCUT2D eigenvalue weighted by Gasteiger charge is -2.58. The highest BCUT2D eigenvalue weighted by Gasteiger charge is 2.59. The summed E-state index contributed by atoms with van der Waals surface area (Å²) in [6, 6.07) is 0.319. The lowest BCUT2D eigenvalue weighted by Crippen LogP contribution is -2.51. The van der Waals surface area contributed by atoms with Crippen LogP contribution in [-0.4, -0.2) is 78.1 Å². The first kappa shape index (κ1) is 29.0. The summed E-state index contributed by atoms with van der Waals surface area (Å²) in [6.07, 6.45) is 15.4. The molecule has 0 radical (unpaired) electrons. The number of hydrogen-bond acceptors (Lipinski definition) is 3. The molecule has 5 rings (SSSR count). The maximum atomic E-state index is 13.2. The van der Waals surface area contributed by atoms with Gasteiger partial charge in [0.25, 0.3) is 0 Å². The summed E-state index contributed by atoms with van der Waals surface area (Å²) in [4.78, 5) is 31.0. The number of hydrogen-bond donors (Lipinski definition) is 1. The second kappa shape index (κ2) is 11.0. The quantitative estimate of drug-likeness (QED) is 0.438. The molecular formula is C33H55N3O3. The van der Waals surface area contributed by atoms with E-state index in [4.69, 9.17) is 0 Å². The van der Waals surface area contributed by atoms with Gasteiger partial charge in [-0.3, -0.25) is 4.79 Å². The molecule has 0 aromatic rings. The molecule has 0 aromatic heterocycles. The molecule has 0 unspecified atom stereocenters. The first-order valence-electron chi connectivity index (χ1n) is 16.0. The van der Waals surface area contributed by atoms with E-state index in [1.807, 2.05) is 16.8 Å². The van der Waals surface area contributed by atoms with E-state index in [2.05, 4.69) is 26.8 Å². The zero-order valence-electron chi connectivity index (χ0n) is 25.6. The van der Waals surface area contributed by atoms with E-state index in [1.54, 1.807) is 24.6 Å². The molecule has 0 bridgehead atoms. The maximum absolute atomic E-state index is 13.2. The summed E-state index contributed by atoms with van der Waals surface area (Å²) in [5, 5.41) is 10.3. The van der Waals surface area contributed by atoms with Gasteiger partial charge in [-0.25, -0.2) is 4.79 Å². The van der Waals surface area contributed by atoms with Gasteiger partial charge in [0.1, 0.15) is 0 Å². The van der Waals surface area contributed by atoms with Gasteiger partial charge < -0.3 is 19.8 Å². The van der Waals surface area contributed by atoms with E-state index in [9.17, 15) is 14.7 Å². The fourth-order valence-corrected chi connectivity index (χ4v) is 10.3. The van der Waals surface area contributed by atoms with Crippen molar-refractivity contribution in [3.8, 4) is 0 Å². The van der Waals surface area contributed by atoms with Gasteiger partial charge in [-0.1, -0.05) is 32.4 Å². The van der Waals surface area contributed by atoms with Crippen LogP contribution in [-0.2, 0) is 4.79 Å². The summed E-state index contributed by atoms with van der Waals surface area (Å²) < 4.78 is 0. The van der Waals surface area contributed by atoms with Crippen molar-refractivity contribution >= 4 is 11.9 Å². The van der Waals surface area contributed by atoms with Crippen LogP contribution in [0.15, 0.2) is 11.6 Å². The number of urea groups is 1. The van der Waals surface area contributed by atoms with Crippen molar-refractivity contribution < 1.29 is 14.7 Å². The topological polar surface area (TPSA) is 64.1 Å². The molecule has 8 atom stereocenters. The van der Waals surface area contributed by atoms with Gasteiger partial charge in [-0.2, -0.15) is 0 Å². The van der Waals surface area contributed by atoms with Crippen LogP contribution in [0.2, 0.25) is 0 Å². The molecule has 1 heterocycles. The number of allylic oxidation sites excluding steroid dienone is 1. The monoisotopic (exact) mass is 541 g/mol. The van der Waals surface area contributed by atoms with E-state index in [1.165, 1.54) is 32.1 Å². The summed E-state index contributed by atoms with van der Waals surface area (Å²) in [5.74, 6) is 3.95. The number of aliphatic hydroxyl groups is 1. The Labute approximate surface area is 237 Å². The second-order valence-electron chi connectivity index (χ2n) is 14.8. The minimum Gasteiger partial charge on any atom is -0.393 e. The Morgan fingerprint density at radius 2 is 1.74 bits per heavy atom. The van der Waals surface area contributed by atoms with Crippen molar-refractivity contribution in [3.05, 3.63) is 11.6 Å². The fraction of sp³-hybridized carbons (Fsp3) is 0.879. The van der Waals surface area contributed by atoms with Crippen molar-refractivity contribution in [1.82, 2.24) is 14.7 Å². The van der Waals surface area contributed by atoms with Crippen molar-refractivity contribution in [3.63, 3.8) is 0 Å². The van der Waals surface area contributed by atoms with Crippen LogP contribution in [0.1, 0.15) is 97.8 Å². The van der Waals surface area contributed by atoms with Crippen molar-refractivity contribution in [1.29, 1.82) is 0 Å². The maximum Gasteiger partial charge on any atom is 0.319 e. The average molecular weight is 542 g/mol. The van der Waals surface area contributed by atoms with Crippen LogP contribution >= 0.6 is 0 Å². The zero-order valence-corrected chi connectivity index (χ0v) is 25.6. The van der Waals surface area contributed by atoms with Gasteiger partial charge in [0, 0.05) is 46.7 Å². The minimum atomic E-state index is -0.131. The normalized spacial score (nSPS) is 39.2. The Bertz CT molecular complexity index is 956. The molecule has 1 aliphatic heterocycles. The predicted octanol–water partition coefficient (Wildman–Crippen LogP) is 5.95. The van der Waals surface area contributed by atoms with Gasteiger partial charge >= 0.3 is 6.03 Å². The number of fused-ring (bicyclic) bond motifs is 5. The van der Waals surface area contributed by atoms with E-state index in [0.717, 1.165) is 69.4 Å². The highest BCUT2D eigenvalue weighted by Crippen LogP contribution is 2.67. The zero-order chi connectivity index (χ0) is 28.1. The van der Waals surface area contributed by atoms with E-state index in [-0.39, 0.29) is 24.1 Å². The Morgan fingerprint density at radius 3 is 2.44 bits per heavy atom. The molecule has 3 amide bonds. The Morgan fingerprint density at radius 1 is 1.03 bits per heavy atom. The number of aliphatic hydroxyl groups excluding tert-OH is 1. The van der Waals surface area contributed by atoms with Crippen LogP contribution in [0.3, 0.4) is 0 Å². The van der Waals surface area contributed by atoms with Crippen LogP contribution in [0.5, 0.6) is 0 Å². The van der Waals surface area contributed by atoms with Crippen molar-refractivity contribution in [2.75, 3.05) is 34.2 Å². The van der Waals surface area contributed by atoms with Gasteiger partial charge in [0.05, 0.1) is 6.10 Å². The Balaban J connectivity index is 1.15. The van der Waals surface area contributed by atoms with Crippen molar-refractivity contribution in [2.45, 2.75) is 110 Å². The summed E-state index contributed by atoms with van der Waals surface area (Å²) >= 11 is 0. The molecule has 4 fully saturated rings. The standard InChI is InChI=1S/C33H55N3O3/c1-22(7-12-30(38)35(6)24-15-19-36(20-16-24)31(39)34(4)5)27-10-11-28-26-9-8-23-21-25(37)13-17-32(23,2)29(26)14-18-33(27,28)3/h8,22,24-29,37H,7,9-21H2,1-6H3/t22-,25+,26+,27-,28+,29+,32+,33-/m1/s1. The lowest BCUT2D eigenvalue weighted by molar-refractivity contribution is -0.133. The number of amides is 3. The number of rotatable bonds is 5. The average Bonchev–Trinajstić information content (AvgIpc) is 3.28. The number of likely N-dealkylation sites (tertiary alicyclic amines) is 1. The minimum absolute atomic E-state index is 0.0741. The second-order valence-corrected chi connectivity index (χ2v) is 14.8. The summed E-state index contributed by atoms with van der Waals surface area (Å²) in [7, 11) is 5.58. The first-order valence-corrected chi connectivity index (χ1v) is 16.0. The Hall–Kier alpha value is -1.56. The molecule has 1 saturated heterocycles. The molecule has 220 valence electrons. The predicted molar refractivity (Wildman–Crippen MR) is 156 cm³/mol. The third kappa shape index (κ3) is 5.17. The van der Waals surface area contributed by atoms with E-state index >= 15 is 0 Å². The van der Waals surface area contributed by atoms with Crippen LogP contribution in [0, 0.1) is 40.4 Å². The number of piperidine rings is 1. The summed E-state index contributed by atoms with van der Waals surface area (Å²) in [6.45, 7) is 9.01. The van der Waals surface area contributed by atoms with Crippen molar-refractivity contribution in [2.24, 2.45) is 40.4 Å². The molecule has 6 heteroatoms. The molecule has 4 aliphatic carbocycles. The third-order valence-electron chi connectivity index (χ3n) is 12.7. The van der Waals surface area contributed by atoms with Crippen LogP contribution in [0.4, 0.5) is 4.79 Å². The third-order valence-corrected chi connectivity index (χ3v) is 12.7. The highest BCUT2D eigenvalue weighted by molar-refractivity contribution is 5.76. The van der Waals surface area contributed by atoms with Gasteiger partial charge in [0.15, 0.2) is 0 Å². The number of carbonyl (C=O) groups is 2. The molecule has 0 spiro atoms. The Kier molecular flexibility index (Phi) is 8.18. The van der Waals surface area contributed by atoms with Gasteiger partial charge in [-0.15, -0.1) is 0 Å². The fourth-order valence-electron chi connectivity index (χ4n) is 10.3. The molecule has 6 nitrogen and oxygen atoms in total. The summed E-state index contributed by atoms with van der Waals surface area (Å²) in [5.41, 5.74) is 2.27. The SMILES string of the molecule is C[C@H](CCC(=O)N(C)C1CCN(C(=O)N(C)C)CC1)[C@H]1CC[C@H]2[C@@H]3CC=C4C[C@@H](O)CC[C@]4(C)[C@H]3CC[C@]12C. The highest BCUT2D eigenvalue weighted by atomic mass is 16.3. The number of nitrogens with zero attached hydrogens (tertiary/aromatic N) is 3. The lowest BCUT2D eigenvalue weighted by atomic mass is 9.47.